The number of hydrogen-bond acceptors (Lipinski definition) is 6. The lowest BCUT2D eigenvalue weighted by molar-refractivity contribution is -0.116. The molecule has 1 aromatic heterocycles. The second-order valence-electron chi connectivity index (χ2n) is 10.5. The number of aryl methyl sites for hydroxylation is 1. The van der Waals surface area contributed by atoms with E-state index in [1.165, 1.54) is 12.1 Å². The fourth-order valence-electron chi connectivity index (χ4n) is 5.49. The molecule has 218 valence electrons. The van der Waals surface area contributed by atoms with Gasteiger partial charge in [-0.2, -0.15) is 0 Å². The van der Waals surface area contributed by atoms with E-state index in [1.807, 2.05) is 0 Å². The van der Waals surface area contributed by atoms with E-state index in [0.29, 0.717) is 70.0 Å². The quantitative estimate of drug-likeness (QED) is 0.142. The monoisotopic (exact) mass is 595 g/mol. The number of nitrogens with one attached hydrogen (secondary N) is 4. The van der Waals surface area contributed by atoms with E-state index in [1.54, 1.807) is 66.7 Å². The number of ketones is 1. The summed E-state index contributed by atoms with van der Waals surface area (Å²) in [5.74, 6) is -0.618. The summed E-state index contributed by atoms with van der Waals surface area (Å²) in [6.45, 7) is 0. The van der Waals surface area contributed by atoms with Crippen LogP contribution < -0.4 is 21.1 Å². The normalized spacial score (nSPS) is 15.1. The minimum Gasteiger partial charge on any atom is -0.397 e. The van der Waals surface area contributed by atoms with Gasteiger partial charge >= 0.3 is 0 Å². The van der Waals surface area contributed by atoms with E-state index in [2.05, 4.69) is 20.3 Å². The van der Waals surface area contributed by atoms with Gasteiger partial charge in [0.15, 0.2) is 5.78 Å². The average Bonchev–Trinajstić information content (AvgIpc) is 3.50. The zero-order valence-corrected chi connectivity index (χ0v) is 23.9. The predicted molar refractivity (Wildman–Crippen MR) is 166 cm³/mol. The Hall–Kier alpha value is -5.16. The molecule has 1 aliphatic carbocycles. The Kier molecular flexibility index (Phi) is 7.32. The Morgan fingerprint density at radius 2 is 1.74 bits per heavy atom. The van der Waals surface area contributed by atoms with Crippen LogP contribution in [0.3, 0.4) is 0 Å². The van der Waals surface area contributed by atoms with Crippen molar-refractivity contribution in [3.63, 3.8) is 0 Å². The third-order valence-electron chi connectivity index (χ3n) is 7.56. The second-order valence-corrected chi connectivity index (χ2v) is 12.2. The van der Waals surface area contributed by atoms with Gasteiger partial charge in [-0.15, -0.1) is 0 Å². The van der Waals surface area contributed by atoms with Gasteiger partial charge in [-0.3, -0.25) is 19.1 Å². The molecule has 0 atom stereocenters. The summed E-state index contributed by atoms with van der Waals surface area (Å²) < 4.78 is 28.4. The molecular weight excluding hydrogens is 566 g/mol. The predicted octanol–water partition coefficient (Wildman–Crippen LogP) is 4.98. The molecule has 11 heteroatoms. The second kappa shape index (κ2) is 11.3. The summed E-state index contributed by atoms with van der Waals surface area (Å²) in [4.78, 5) is 42.4. The number of anilines is 4. The number of H-pyrrole nitrogens is 1. The van der Waals surface area contributed by atoms with E-state index in [-0.39, 0.29) is 35.3 Å². The molecule has 0 saturated heterocycles. The molecule has 6 rings (SSSR count). The molecule has 0 bridgehead atoms. The highest BCUT2D eigenvalue weighted by molar-refractivity contribution is 7.92. The van der Waals surface area contributed by atoms with Crippen molar-refractivity contribution in [1.29, 1.82) is 0 Å². The maximum absolute atomic E-state index is 13.1. The van der Waals surface area contributed by atoms with Crippen molar-refractivity contribution in [2.75, 3.05) is 21.1 Å². The SMILES string of the molecule is Nc1ccccc1NC(=O)CCc1c(C=C2C(=O)Nc3ccc(NS(=O)(=O)c4ccccc4)cc32)[nH]c2c1C(=O)CCC2. The molecule has 0 unspecified atom stereocenters. The average molecular weight is 596 g/mol. The molecule has 6 N–H and O–H groups in total. The molecule has 2 amide bonds. The van der Waals surface area contributed by atoms with E-state index >= 15 is 0 Å². The Bertz CT molecular complexity index is 1910. The zero-order valence-electron chi connectivity index (χ0n) is 23.1. The molecule has 4 aromatic rings. The van der Waals surface area contributed by atoms with E-state index in [4.69, 9.17) is 5.73 Å². The fourth-order valence-corrected chi connectivity index (χ4v) is 6.56. The van der Waals surface area contributed by atoms with Crippen LogP contribution in [-0.4, -0.2) is 31.0 Å². The maximum Gasteiger partial charge on any atom is 0.261 e. The molecule has 1 aliphatic heterocycles. The van der Waals surface area contributed by atoms with Crippen LogP contribution in [0.2, 0.25) is 0 Å². The van der Waals surface area contributed by atoms with Crippen molar-refractivity contribution >= 4 is 62.0 Å². The van der Waals surface area contributed by atoms with Crippen molar-refractivity contribution in [2.24, 2.45) is 0 Å². The number of aromatic amines is 1. The van der Waals surface area contributed by atoms with E-state index < -0.39 is 10.0 Å². The van der Waals surface area contributed by atoms with Crippen molar-refractivity contribution in [2.45, 2.75) is 37.0 Å². The number of aromatic nitrogens is 1. The summed E-state index contributed by atoms with van der Waals surface area (Å²) in [6.07, 6.45) is 3.83. The first-order chi connectivity index (χ1) is 20.7. The van der Waals surface area contributed by atoms with Crippen LogP contribution in [0.1, 0.15) is 52.1 Å². The lowest BCUT2D eigenvalue weighted by Crippen LogP contribution is -2.15. The topological polar surface area (TPSA) is 163 Å². The van der Waals surface area contributed by atoms with Gasteiger partial charge in [0.1, 0.15) is 0 Å². The van der Waals surface area contributed by atoms with Gasteiger partial charge in [-0.25, -0.2) is 8.42 Å². The van der Waals surface area contributed by atoms with Gasteiger partial charge in [0.25, 0.3) is 15.9 Å². The Morgan fingerprint density at radius 1 is 0.977 bits per heavy atom. The molecular formula is C32H29N5O5S. The third-order valence-corrected chi connectivity index (χ3v) is 8.95. The van der Waals surface area contributed by atoms with Gasteiger partial charge in [-0.05, 0) is 73.4 Å². The molecule has 43 heavy (non-hydrogen) atoms. The molecule has 2 heterocycles. The molecule has 0 fully saturated rings. The van der Waals surface area contributed by atoms with E-state index in [0.717, 1.165) is 5.69 Å². The first-order valence-corrected chi connectivity index (χ1v) is 15.3. The van der Waals surface area contributed by atoms with Gasteiger partial charge < -0.3 is 21.4 Å². The maximum atomic E-state index is 13.1. The summed E-state index contributed by atoms with van der Waals surface area (Å²) in [5, 5.41) is 5.64. The van der Waals surface area contributed by atoms with E-state index in [9.17, 15) is 22.8 Å². The minimum atomic E-state index is -3.84. The molecule has 2 aliphatic rings. The molecule has 0 saturated carbocycles. The number of rotatable bonds is 8. The van der Waals surface area contributed by atoms with Gasteiger partial charge in [0.2, 0.25) is 5.91 Å². The minimum absolute atomic E-state index is 0.00117. The zero-order chi connectivity index (χ0) is 30.1. The number of sulfonamides is 1. The molecule has 10 nitrogen and oxygen atoms in total. The van der Waals surface area contributed by atoms with Crippen LogP contribution in [0, 0.1) is 0 Å². The fraction of sp³-hybridized carbons (Fsp3) is 0.156. The number of para-hydroxylation sites is 2. The lowest BCUT2D eigenvalue weighted by atomic mass is 9.91. The number of Topliss-reactive ketones (excluding diaryl/α,β-unsaturated/α-hetero) is 1. The highest BCUT2D eigenvalue weighted by atomic mass is 32.2. The van der Waals surface area contributed by atoms with Crippen LogP contribution in [0.4, 0.5) is 22.7 Å². The number of amides is 2. The number of benzene rings is 3. The van der Waals surface area contributed by atoms with Gasteiger partial charge in [-0.1, -0.05) is 30.3 Å². The highest BCUT2D eigenvalue weighted by Crippen LogP contribution is 2.37. The summed E-state index contributed by atoms with van der Waals surface area (Å²) in [7, 11) is -3.84. The summed E-state index contributed by atoms with van der Waals surface area (Å²) in [5.41, 5.74) is 11.2. The standard InChI is InChI=1S/C32H29N5O5S/c33-24-9-4-5-10-26(24)35-30(39)16-14-21-28(34-27-11-6-12-29(38)31(21)27)18-23-22-17-19(13-15-25(22)36-32(23)40)37-43(41,42)20-7-2-1-3-8-20/h1-5,7-10,13,15,17-18,34,37H,6,11-12,14,16,33H2,(H,35,39)(H,36,40). The Labute approximate surface area is 248 Å². The van der Waals surface area contributed by atoms with Crippen molar-refractivity contribution in [3.05, 3.63) is 101 Å². The largest absolute Gasteiger partial charge is 0.397 e. The number of hydrogen-bond donors (Lipinski definition) is 5. The third kappa shape index (κ3) is 5.67. The van der Waals surface area contributed by atoms with Gasteiger partial charge in [0.05, 0.1) is 21.8 Å². The Morgan fingerprint density at radius 3 is 2.53 bits per heavy atom. The van der Waals surface area contributed by atoms with Crippen molar-refractivity contribution in [3.8, 4) is 0 Å². The van der Waals surface area contributed by atoms with Crippen molar-refractivity contribution < 1.29 is 22.8 Å². The highest BCUT2D eigenvalue weighted by Gasteiger charge is 2.29. The first-order valence-electron chi connectivity index (χ1n) is 13.9. The van der Waals surface area contributed by atoms with Gasteiger partial charge in [0, 0.05) is 46.7 Å². The van der Waals surface area contributed by atoms with Crippen molar-refractivity contribution in [1.82, 2.24) is 4.98 Å². The summed E-state index contributed by atoms with van der Waals surface area (Å²) in [6, 6.07) is 19.8. The first kappa shape index (κ1) is 28.0. The number of nitrogens with two attached hydrogens (primary N) is 1. The lowest BCUT2D eigenvalue weighted by Gasteiger charge is -2.12. The number of carbonyl (C=O) groups is 3. The number of nitrogen functional groups attached to an aromatic ring is 1. The molecule has 0 spiro atoms. The molecule has 3 aromatic carbocycles. The number of fused-ring (bicyclic) bond motifs is 2. The Balaban J connectivity index is 1.32. The van der Waals surface area contributed by atoms with Crippen LogP contribution in [0.15, 0.2) is 77.7 Å². The van der Waals surface area contributed by atoms with Crippen LogP contribution in [0.5, 0.6) is 0 Å². The summed E-state index contributed by atoms with van der Waals surface area (Å²) >= 11 is 0. The van der Waals surface area contributed by atoms with Crippen LogP contribution in [-0.2, 0) is 32.5 Å². The molecule has 0 radical (unpaired) electrons. The smallest absolute Gasteiger partial charge is 0.261 e. The number of carbonyl (C=O) groups excluding carboxylic acids is 3. The van der Waals surface area contributed by atoms with Crippen LogP contribution >= 0.6 is 0 Å². The van der Waals surface area contributed by atoms with Crippen LogP contribution in [0.25, 0.3) is 11.6 Å².